The van der Waals surface area contributed by atoms with Crippen LogP contribution in [0.3, 0.4) is 0 Å². The van der Waals surface area contributed by atoms with Crippen LogP contribution >= 0.6 is 0 Å². The Bertz CT molecular complexity index is 801. The van der Waals surface area contributed by atoms with E-state index in [0.717, 1.165) is 6.26 Å². The Morgan fingerprint density at radius 3 is 2.27 bits per heavy atom. The van der Waals surface area contributed by atoms with Crippen LogP contribution in [0, 0.1) is 5.92 Å². The number of benzene rings is 1. The van der Waals surface area contributed by atoms with Gasteiger partial charge < -0.3 is 14.4 Å². The number of anilines is 1. The van der Waals surface area contributed by atoms with Gasteiger partial charge in [0.2, 0.25) is 15.9 Å². The smallest absolute Gasteiger partial charge is 0.309 e. The Kier molecular flexibility index (Phi) is 8.95. The molecule has 8 nitrogen and oxygen atoms in total. The van der Waals surface area contributed by atoms with E-state index in [-0.39, 0.29) is 30.8 Å². The summed E-state index contributed by atoms with van der Waals surface area (Å²) in [6, 6.07) is 6.87. The fourth-order valence-electron chi connectivity index (χ4n) is 3.52. The third kappa shape index (κ3) is 6.90. The molecule has 30 heavy (non-hydrogen) atoms. The van der Waals surface area contributed by atoms with Crippen LogP contribution in [0.1, 0.15) is 39.5 Å². The number of likely N-dealkylation sites (tertiary alicyclic amines) is 1. The maximum absolute atomic E-state index is 12.5. The molecular weight excluding hydrogens is 408 g/mol. The average molecular weight is 441 g/mol. The van der Waals surface area contributed by atoms with Gasteiger partial charge in [0.15, 0.2) is 0 Å². The molecule has 0 N–H and O–H groups in total. The van der Waals surface area contributed by atoms with E-state index in [4.69, 9.17) is 9.47 Å². The molecule has 0 spiro atoms. The molecule has 1 aromatic carbocycles. The van der Waals surface area contributed by atoms with E-state index in [0.29, 0.717) is 57.0 Å². The molecular formula is C21H32N2O6S. The third-order valence-electron chi connectivity index (χ3n) is 5.06. The van der Waals surface area contributed by atoms with Crippen LogP contribution in [-0.4, -0.2) is 64.3 Å². The summed E-state index contributed by atoms with van der Waals surface area (Å²) in [5.41, 5.74) is 0.545. The molecule has 0 saturated carbocycles. The van der Waals surface area contributed by atoms with Gasteiger partial charge in [-0.05, 0) is 57.4 Å². The minimum atomic E-state index is -3.47. The van der Waals surface area contributed by atoms with Crippen molar-refractivity contribution in [1.82, 2.24) is 4.90 Å². The lowest BCUT2D eigenvalue weighted by molar-refractivity contribution is -0.151. The molecule has 168 valence electrons. The number of hydrogen-bond donors (Lipinski definition) is 0. The number of piperidine rings is 1. The molecule has 0 atom stereocenters. The maximum Gasteiger partial charge on any atom is 0.309 e. The average Bonchev–Trinajstić information content (AvgIpc) is 2.71. The highest BCUT2D eigenvalue weighted by Gasteiger charge is 2.28. The Hall–Kier alpha value is -2.29. The van der Waals surface area contributed by atoms with E-state index < -0.39 is 10.0 Å². The zero-order chi connectivity index (χ0) is 22.1. The van der Waals surface area contributed by atoms with Crippen molar-refractivity contribution in [3.8, 4) is 5.75 Å². The van der Waals surface area contributed by atoms with Crippen molar-refractivity contribution in [3.05, 3.63) is 24.3 Å². The highest BCUT2D eigenvalue weighted by molar-refractivity contribution is 7.92. The summed E-state index contributed by atoms with van der Waals surface area (Å²) in [5.74, 6) is 0.326. The standard InChI is InChI=1S/C21H32N2O6S/c1-4-28-19-10-8-18(9-11-19)23(30(3,26)27)14-6-7-20(24)22-15-12-17(13-16-22)21(25)29-5-2/h8-11,17H,4-7,12-16H2,1-3H3. The summed E-state index contributed by atoms with van der Waals surface area (Å²) in [7, 11) is -3.47. The number of sulfonamides is 1. The van der Waals surface area contributed by atoms with Gasteiger partial charge in [-0.1, -0.05) is 0 Å². The minimum absolute atomic E-state index is 0.0162. The lowest BCUT2D eigenvalue weighted by atomic mass is 9.97. The highest BCUT2D eigenvalue weighted by atomic mass is 32.2. The number of esters is 1. The van der Waals surface area contributed by atoms with Gasteiger partial charge in [-0.3, -0.25) is 13.9 Å². The van der Waals surface area contributed by atoms with Crippen LogP contribution in [0.25, 0.3) is 0 Å². The Balaban J connectivity index is 1.86. The van der Waals surface area contributed by atoms with E-state index in [1.807, 2.05) is 6.92 Å². The number of carbonyl (C=O) groups excluding carboxylic acids is 2. The van der Waals surface area contributed by atoms with Gasteiger partial charge in [-0.25, -0.2) is 8.42 Å². The van der Waals surface area contributed by atoms with Crippen molar-refractivity contribution >= 4 is 27.6 Å². The topological polar surface area (TPSA) is 93.2 Å². The minimum Gasteiger partial charge on any atom is -0.494 e. The molecule has 0 aromatic heterocycles. The molecule has 1 heterocycles. The van der Waals surface area contributed by atoms with E-state index in [1.54, 1.807) is 36.1 Å². The van der Waals surface area contributed by atoms with E-state index >= 15 is 0 Å². The molecule has 9 heteroatoms. The Morgan fingerprint density at radius 2 is 1.73 bits per heavy atom. The van der Waals surface area contributed by atoms with Gasteiger partial charge in [0.1, 0.15) is 5.75 Å². The monoisotopic (exact) mass is 440 g/mol. The van der Waals surface area contributed by atoms with E-state index in [2.05, 4.69) is 0 Å². The quantitative estimate of drug-likeness (QED) is 0.519. The third-order valence-corrected chi connectivity index (χ3v) is 6.25. The van der Waals surface area contributed by atoms with Crippen LogP contribution in [-0.2, 0) is 24.3 Å². The lowest BCUT2D eigenvalue weighted by Gasteiger charge is -2.31. The molecule has 0 radical (unpaired) electrons. The van der Waals surface area contributed by atoms with Gasteiger partial charge in [-0.2, -0.15) is 0 Å². The Labute approximate surface area is 179 Å². The number of carbonyl (C=O) groups is 2. The van der Waals surface area contributed by atoms with Crippen molar-refractivity contribution in [2.45, 2.75) is 39.5 Å². The zero-order valence-electron chi connectivity index (χ0n) is 18.0. The van der Waals surface area contributed by atoms with Crippen LogP contribution in [0.5, 0.6) is 5.75 Å². The predicted molar refractivity (Wildman–Crippen MR) is 115 cm³/mol. The fourth-order valence-corrected chi connectivity index (χ4v) is 4.48. The molecule has 1 aromatic rings. The first-order chi connectivity index (χ1) is 14.3. The highest BCUT2D eigenvalue weighted by Crippen LogP contribution is 2.23. The first-order valence-electron chi connectivity index (χ1n) is 10.4. The van der Waals surface area contributed by atoms with Gasteiger partial charge in [0.05, 0.1) is 31.1 Å². The van der Waals surface area contributed by atoms with E-state index in [1.165, 1.54) is 4.31 Å². The van der Waals surface area contributed by atoms with Gasteiger partial charge in [-0.15, -0.1) is 0 Å². The largest absolute Gasteiger partial charge is 0.494 e. The molecule has 1 saturated heterocycles. The summed E-state index contributed by atoms with van der Waals surface area (Å²) < 4.78 is 36.2. The van der Waals surface area contributed by atoms with Crippen molar-refractivity contribution < 1.29 is 27.5 Å². The first kappa shape index (κ1) is 24.0. The van der Waals surface area contributed by atoms with Gasteiger partial charge in [0.25, 0.3) is 0 Å². The molecule has 1 aliphatic heterocycles. The summed E-state index contributed by atoms with van der Waals surface area (Å²) >= 11 is 0. The predicted octanol–water partition coefficient (Wildman–Crippen LogP) is 2.43. The summed E-state index contributed by atoms with van der Waals surface area (Å²) in [5, 5.41) is 0. The molecule has 1 amide bonds. The lowest BCUT2D eigenvalue weighted by Crippen LogP contribution is -2.41. The Morgan fingerprint density at radius 1 is 1.10 bits per heavy atom. The van der Waals surface area contributed by atoms with Crippen molar-refractivity contribution in [2.24, 2.45) is 5.92 Å². The molecule has 1 fully saturated rings. The second kappa shape index (κ2) is 11.2. The number of hydrogen-bond acceptors (Lipinski definition) is 6. The second-order valence-corrected chi connectivity index (χ2v) is 9.18. The van der Waals surface area contributed by atoms with E-state index in [9.17, 15) is 18.0 Å². The van der Waals surface area contributed by atoms with Crippen LogP contribution in [0.15, 0.2) is 24.3 Å². The molecule has 0 unspecified atom stereocenters. The normalized spacial score (nSPS) is 15.0. The molecule has 1 aliphatic rings. The second-order valence-electron chi connectivity index (χ2n) is 7.27. The van der Waals surface area contributed by atoms with Crippen molar-refractivity contribution in [2.75, 3.05) is 43.4 Å². The van der Waals surface area contributed by atoms with Crippen LogP contribution in [0.4, 0.5) is 5.69 Å². The number of ether oxygens (including phenoxy) is 2. The number of nitrogens with zero attached hydrogens (tertiary/aromatic N) is 2. The zero-order valence-corrected chi connectivity index (χ0v) is 18.8. The van der Waals surface area contributed by atoms with Crippen molar-refractivity contribution in [3.63, 3.8) is 0 Å². The molecule has 2 rings (SSSR count). The fraction of sp³-hybridized carbons (Fsp3) is 0.619. The summed E-state index contributed by atoms with van der Waals surface area (Å²) in [6.07, 6.45) is 3.04. The number of amides is 1. The van der Waals surface area contributed by atoms with Gasteiger partial charge in [0, 0.05) is 26.1 Å². The summed E-state index contributed by atoms with van der Waals surface area (Å²) in [4.78, 5) is 26.1. The van der Waals surface area contributed by atoms with Gasteiger partial charge >= 0.3 is 5.97 Å². The van der Waals surface area contributed by atoms with Crippen molar-refractivity contribution in [1.29, 1.82) is 0 Å². The SMILES string of the molecule is CCOC(=O)C1CCN(C(=O)CCCN(c2ccc(OCC)cc2)S(C)(=O)=O)CC1. The molecule has 0 aliphatic carbocycles. The molecule has 0 bridgehead atoms. The maximum atomic E-state index is 12.5. The van der Waals surface area contributed by atoms with Crippen LogP contribution in [0.2, 0.25) is 0 Å². The first-order valence-corrected chi connectivity index (χ1v) is 12.3. The number of rotatable bonds is 10. The van der Waals surface area contributed by atoms with Crippen LogP contribution < -0.4 is 9.04 Å². The summed E-state index contributed by atoms with van der Waals surface area (Å²) in [6.45, 7) is 5.83.